The number of piperidine rings is 1. The Balaban J connectivity index is 2.49. The number of nitrogens with one attached hydrogen (secondary N) is 1. The number of β-amino-alcohol motifs (C(OH)–C–C–N with tert-alkyl or cyclic N) is 1. The summed E-state index contributed by atoms with van der Waals surface area (Å²) in [5, 5.41) is 21.5. The van der Waals surface area contributed by atoms with Gasteiger partial charge in [-0.25, -0.2) is 0 Å². The summed E-state index contributed by atoms with van der Waals surface area (Å²) in [7, 11) is 0. The third kappa shape index (κ3) is 7.22. The summed E-state index contributed by atoms with van der Waals surface area (Å²) in [6.07, 6.45) is 2.00. The molecule has 3 N–H and O–H groups in total. The Bertz CT molecular complexity index is 302. The molecule has 1 rings (SSSR count). The first-order valence-corrected chi connectivity index (χ1v) is 7.58. The van der Waals surface area contributed by atoms with Crippen molar-refractivity contribution < 1.29 is 15.0 Å². The molecule has 1 heterocycles. The molecule has 1 saturated heterocycles. The molecule has 2 atom stereocenters. The van der Waals surface area contributed by atoms with Crippen molar-refractivity contribution >= 4 is 5.97 Å². The Labute approximate surface area is 122 Å². The van der Waals surface area contributed by atoms with Gasteiger partial charge in [0, 0.05) is 38.6 Å². The van der Waals surface area contributed by atoms with Gasteiger partial charge in [0.05, 0.1) is 6.61 Å². The molecule has 20 heavy (non-hydrogen) atoms. The first-order chi connectivity index (χ1) is 9.30. The summed E-state index contributed by atoms with van der Waals surface area (Å²) in [5.41, 5.74) is 0.246. The number of carbonyl (C=O) groups is 1. The van der Waals surface area contributed by atoms with E-state index in [2.05, 4.69) is 31.0 Å². The molecule has 0 aliphatic carbocycles. The molecule has 2 unspecified atom stereocenters. The second kappa shape index (κ2) is 7.96. The molecule has 5 nitrogen and oxygen atoms in total. The molecule has 0 saturated carbocycles. The van der Waals surface area contributed by atoms with Gasteiger partial charge >= 0.3 is 5.97 Å². The lowest BCUT2D eigenvalue weighted by Gasteiger charge is -2.39. The first-order valence-electron chi connectivity index (χ1n) is 7.58. The van der Waals surface area contributed by atoms with Crippen molar-refractivity contribution in [3.8, 4) is 0 Å². The van der Waals surface area contributed by atoms with E-state index in [0.717, 1.165) is 32.5 Å². The highest BCUT2D eigenvalue weighted by Gasteiger charge is 2.27. The minimum Gasteiger partial charge on any atom is -0.481 e. The zero-order chi connectivity index (χ0) is 15.2. The molecule has 0 bridgehead atoms. The van der Waals surface area contributed by atoms with Crippen LogP contribution in [0.1, 0.15) is 40.0 Å². The molecule has 0 aromatic carbocycles. The van der Waals surface area contributed by atoms with Gasteiger partial charge in [-0.1, -0.05) is 20.8 Å². The van der Waals surface area contributed by atoms with E-state index in [9.17, 15) is 4.79 Å². The topological polar surface area (TPSA) is 72.8 Å². The number of rotatable bonds is 7. The van der Waals surface area contributed by atoms with Crippen molar-refractivity contribution in [3.05, 3.63) is 0 Å². The number of hydrogen-bond acceptors (Lipinski definition) is 4. The van der Waals surface area contributed by atoms with E-state index in [1.165, 1.54) is 0 Å². The number of aliphatic hydroxyl groups excluding tert-OH is 1. The quantitative estimate of drug-likeness (QED) is 0.655. The fourth-order valence-corrected chi connectivity index (χ4v) is 2.76. The van der Waals surface area contributed by atoms with E-state index in [1.807, 2.05) is 0 Å². The molecule has 0 aromatic rings. The zero-order valence-electron chi connectivity index (χ0n) is 13.1. The second-order valence-electron chi connectivity index (χ2n) is 7.16. The summed E-state index contributed by atoms with van der Waals surface area (Å²) in [6.45, 7) is 10.3. The maximum atomic E-state index is 10.7. The van der Waals surface area contributed by atoms with Gasteiger partial charge in [-0.2, -0.15) is 0 Å². The van der Waals surface area contributed by atoms with Crippen molar-refractivity contribution in [1.29, 1.82) is 0 Å². The van der Waals surface area contributed by atoms with E-state index < -0.39 is 5.97 Å². The Kier molecular flexibility index (Phi) is 6.92. The fourth-order valence-electron chi connectivity index (χ4n) is 2.76. The van der Waals surface area contributed by atoms with E-state index >= 15 is 0 Å². The maximum absolute atomic E-state index is 10.7. The summed E-state index contributed by atoms with van der Waals surface area (Å²) < 4.78 is 0. The summed E-state index contributed by atoms with van der Waals surface area (Å²) in [5.74, 6) is -0.313. The Morgan fingerprint density at radius 2 is 2.05 bits per heavy atom. The molecule has 1 aliphatic heterocycles. The molecule has 1 fully saturated rings. The number of likely N-dealkylation sites (tertiary alicyclic amines) is 1. The van der Waals surface area contributed by atoms with Crippen LogP contribution in [0.3, 0.4) is 0 Å². The van der Waals surface area contributed by atoms with Gasteiger partial charge < -0.3 is 15.5 Å². The van der Waals surface area contributed by atoms with Gasteiger partial charge in [-0.15, -0.1) is 0 Å². The van der Waals surface area contributed by atoms with Crippen LogP contribution in [-0.4, -0.2) is 59.9 Å². The molecule has 0 aromatic heterocycles. The highest BCUT2D eigenvalue weighted by Crippen LogP contribution is 2.22. The number of aliphatic carboxylic acids is 1. The molecule has 1 aliphatic rings. The third-order valence-electron chi connectivity index (χ3n) is 3.72. The highest BCUT2D eigenvalue weighted by molar-refractivity contribution is 5.66. The van der Waals surface area contributed by atoms with Gasteiger partial charge in [0.1, 0.15) is 0 Å². The van der Waals surface area contributed by atoms with Gasteiger partial charge in [0.15, 0.2) is 0 Å². The number of aliphatic hydroxyl groups is 1. The van der Waals surface area contributed by atoms with Crippen molar-refractivity contribution in [3.63, 3.8) is 0 Å². The molecular weight excluding hydrogens is 256 g/mol. The third-order valence-corrected chi connectivity index (χ3v) is 3.72. The van der Waals surface area contributed by atoms with Crippen LogP contribution < -0.4 is 5.32 Å². The molecular formula is C15H30N2O3. The van der Waals surface area contributed by atoms with Crippen LogP contribution in [0.5, 0.6) is 0 Å². The largest absolute Gasteiger partial charge is 0.481 e. The van der Waals surface area contributed by atoms with E-state index in [4.69, 9.17) is 10.2 Å². The predicted octanol–water partition coefficient (Wildman–Crippen LogP) is 1.17. The Morgan fingerprint density at radius 3 is 2.60 bits per heavy atom. The minimum atomic E-state index is -0.719. The van der Waals surface area contributed by atoms with Crippen molar-refractivity contribution in [2.75, 3.05) is 32.8 Å². The van der Waals surface area contributed by atoms with Crippen molar-refractivity contribution in [1.82, 2.24) is 10.2 Å². The number of carboxylic acids is 1. The Hall–Kier alpha value is -0.650. The van der Waals surface area contributed by atoms with Crippen molar-refractivity contribution in [2.45, 2.75) is 46.1 Å². The van der Waals surface area contributed by atoms with E-state index in [-0.39, 0.29) is 18.4 Å². The summed E-state index contributed by atoms with van der Waals surface area (Å²) in [4.78, 5) is 13.0. The van der Waals surface area contributed by atoms with Crippen molar-refractivity contribution in [2.24, 2.45) is 11.3 Å². The van der Waals surface area contributed by atoms with E-state index in [1.54, 1.807) is 0 Å². The van der Waals surface area contributed by atoms with Gasteiger partial charge in [0.25, 0.3) is 0 Å². The lowest BCUT2D eigenvalue weighted by atomic mass is 9.89. The van der Waals surface area contributed by atoms with Gasteiger partial charge in [-0.05, 0) is 24.2 Å². The predicted molar refractivity (Wildman–Crippen MR) is 79.7 cm³/mol. The van der Waals surface area contributed by atoms with Crippen LogP contribution in [0.15, 0.2) is 0 Å². The van der Waals surface area contributed by atoms with Crippen LogP contribution in [0, 0.1) is 11.3 Å². The average Bonchev–Trinajstić information content (AvgIpc) is 2.33. The standard InChI is InChI=1S/C15H30N2O3/c1-15(2,3)11-16-13-8-12(4-5-14(19)20)9-17(10-13)6-7-18/h12-13,16,18H,4-11H2,1-3H3,(H,19,20). The molecule has 0 spiro atoms. The van der Waals surface area contributed by atoms with Crippen LogP contribution in [0.2, 0.25) is 0 Å². The van der Waals surface area contributed by atoms with Crippen LogP contribution in [0.25, 0.3) is 0 Å². The number of carboxylic acid groups (broad SMARTS) is 1. The fraction of sp³-hybridized carbons (Fsp3) is 0.933. The minimum absolute atomic E-state index is 0.164. The Morgan fingerprint density at radius 1 is 1.35 bits per heavy atom. The van der Waals surface area contributed by atoms with Crippen LogP contribution in [0.4, 0.5) is 0 Å². The molecule has 118 valence electrons. The lowest BCUT2D eigenvalue weighted by molar-refractivity contribution is -0.137. The SMILES string of the molecule is CC(C)(C)CNC1CC(CCC(=O)O)CN(CCO)C1. The monoisotopic (exact) mass is 286 g/mol. The second-order valence-corrected chi connectivity index (χ2v) is 7.16. The van der Waals surface area contributed by atoms with Gasteiger partial charge in [0.2, 0.25) is 0 Å². The normalized spacial score (nSPS) is 24.8. The first kappa shape index (κ1) is 17.4. The van der Waals surface area contributed by atoms with Crippen LogP contribution in [-0.2, 0) is 4.79 Å². The number of nitrogens with zero attached hydrogens (tertiary/aromatic N) is 1. The lowest BCUT2D eigenvalue weighted by Crippen LogP contribution is -2.51. The van der Waals surface area contributed by atoms with Crippen LogP contribution >= 0.6 is 0 Å². The molecule has 0 radical (unpaired) electrons. The zero-order valence-corrected chi connectivity index (χ0v) is 13.1. The molecule has 0 amide bonds. The maximum Gasteiger partial charge on any atom is 0.303 e. The summed E-state index contributed by atoms with van der Waals surface area (Å²) in [6, 6.07) is 0.397. The smallest absolute Gasteiger partial charge is 0.303 e. The van der Waals surface area contributed by atoms with E-state index in [0.29, 0.717) is 18.5 Å². The number of hydrogen-bond donors (Lipinski definition) is 3. The highest BCUT2D eigenvalue weighted by atomic mass is 16.4. The summed E-state index contributed by atoms with van der Waals surface area (Å²) >= 11 is 0. The van der Waals surface area contributed by atoms with Gasteiger partial charge in [-0.3, -0.25) is 9.69 Å². The molecule has 5 heteroatoms. The average molecular weight is 286 g/mol.